The van der Waals surface area contributed by atoms with Gasteiger partial charge < -0.3 is 16.0 Å². The highest BCUT2D eigenvalue weighted by molar-refractivity contribution is 5.97. The van der Waals surface area contributed by atoms with Crippen molar-refractivity contribution in [1.29, 1.82) is 0 Å². The maximum absolute atomic E-state index is 12.5. The fraction of sp³-hybridized carbons (Fsp3) is 0.0952. The molecule has 6 heteroatoms. The Hall–Kier alpha value is -3.67. The molecule has 2 amide bonds. The van der Waals surface area contributed by atoms with Crippen LogP contribution < -0.4 is 16.6 Å². The summed E-state index contributed by atoms with van der Waals surface area (Å²) in [5.74, 6) is -1.31. The summed E-state index contributed by atoms with van der Waals surface area (Å²) in [5.41, 5.74) is 7.10. The highest BCUT2D eigenvalue weighted by Gasteiger charge is 2.21. The van der Waals surface area contributed by atoms with Gasteiger partial charge in [0.1, 0.15) is 11.6 Å². The predicted octanol–water partition coefficient (Wildman–Crippen LogP) is 1.87. The van der Waals surface area contributed by atoms with Crippen molar-refractivity contribution >= 4 is 11.8 Å². The molecule has 3 rings (SSSR count). The van der Waals surface area contributed by atoms with Gasteiger partial charge in [0.05, 0.1) is 0 Å². The average molecular weight is 361 g/mol. The molecule has 6 nitrogen and oxygen atoms in total. The number of hydrogen-bond donors (Lipinski definition) is 3. The molecule has 0 aliphatic heterocycles. The van der Waals surface area contributed by atoms with Crippen molar-refractivity contribution in [2.24, 2.45) is 5.73 Å². The smallest absolute Gasteiger partial charge is 0.261 e. The number of hydrogen-bond acceptors (Lipinski definition) is 3. The molecular formula is C21H19N3O3. The SMILES string of the molecule is NC(=O)[C@H](Cc1ccccc1)NC(=O)c1ccc(-c2ccccc2)[nH]c1=O. The van der Waals surface area contributed by atoms with Gasteiger partial charge in [-0.1, -0.05) is 60.7 Å². The number of nitrogens with one attached hydrogen (secondary N) is 2. The summed E-state index contributed by atoms with van der Waals surface area (Å²) in [7, 11) is 0. The van der Waals surface area contributed by atoms with Gasteiger partial charge in [-0.05, 0) is 23.3 Å². The number of primary amides is 1. The number of pyridine rings is 1. The van der Waals surface area contributed by atoms with Crippen LogP contribution in [0, 0.1) is 0 Å². The highest BCUT2D eigenvalue weighted by Crippen LogP contribution is 2.14. The summed E-state index contributed by atoms with van der Waals surface area (Å²) < 4.78 is 0. The minimum atomic E-state index is -0.909. The number of nitrogens with two attached hydrogens (primary N) is 1. The Labute approximate surface area is 156 Å². The third-order valence-electron chi connectivity index (χ3n) is 4.17. The van der Waals surface area contributed by atoms with Crippen molar-refractivity contribution in [3.05, 3.63) is 94.3 Å². The zero-order chi connectivity index (χ0) is 19.2. The van der Waals surface area contributed by atoms with E-state index < -0.39 is 23.4 Å². The zero-order valence-electron chi connectivity index (χ0n) is 14.5. The van der Waals surface area contributed by atoms with Gasteiger partial charge in [-0.25, -0.2) is 0 Å². The summed E-state index contributed by atoms with van der Waals surface area (Å²) in [6, 6.07) is 20.7. The second-order valence-electron chi connectivity index (χ2n) is 6.10. The molecule has 27 heavy (non-hydrogen) atoms. The normalized spacial score (nSPS) is 11.6. The first-order valence-electron chi connectivity index (χ1n) is 8.47. The van der Waals surface area contributed by atoms with Gasteiger partial charge in [-0.3, -0.25) is 14.4 Å². The van der Waals surface area contributed by atoms with Crippen LogP contribution in [0.25, 0.3) is 11.3 Å². The van der Waals surface area contributed by atoms with E-state index in [9.17, 15) is 14.4 Å². The highest BCUT2D eigenvalue weighted by atomic mass is 16.2. The van der Waals surface area contributed by atoms with E-state index in [1.807, 2.05) is 60.7 Å². The Balaban J connectivity index is 1.78. The largest absolute Gasteiger partial charge is 0.368 e. The molecular weight excluding hydrogens is 342 g/mol. The van der Waals surface area contributed by atoms with Gasteiger partial charge in [0.15, 0.2) is 0 Å². The van der Waals surface area contributed by atoms with E-state index in [0.29, 0.717) is 5.69 Å². The van der Waals surface area contributed by atoms with E-state index >= 15 is 0 Å². The molecule has 136 valence electrons. The van der Waals surface area contributed by atoms with Crippen LogP contribution in [0.5, 0.6) is 0 Å². The van der Waals surface area contributed by atoms with Gasteiger partial charge in [0.2, 0.25) is 5.91 Å². The van der Waals surface area contributed by atoms with Crippen LogP contribution in [-0.4, -0.2) is 22.8 Å². The molecule has 0 fully saturated rings. The molecule has 2 aromatic carbocycles. The lowest BCUT2D eigenvalue weighted by Gasteiger charge is -2.15. The number of carbonyl (C=O) groups excluding carboxylic acids is 2. The lowest BCUT2D eigenvalue weighted by atomic mass is 10.0. The number of benzene rings is 2. The predicted molar refractivity (Wildman–Crippen MR) is 103 cm³/mol. The molecule has 1 atom stereocenters. The molecule has 3 aromatic rings. The summed E-state index contributed by atoms with van der Waals surface area (Å²) in [6.07, 6.45) is 0.252. The van der Waals surface area contributed by atoms with Crippen LogP contribution >= 0.6 is 0 Å². The Morgan fingerprint density at radius 3 is 2.15 bits per heavy atom. The Kier molecular flexibility index (Phi) is 5.47. The van der Waals surface area contributed by atoms with Crippen molar-refractivity contribution in [1.82, 2.24) is 10.3 Å². The number of carbonyl (C=O) groups is 2. The van der Waals surface area contributed by atoms with E-state index in [2.05, 4.69) is 10.3 Å². The maximum Gasteiger partial charge on any atom is 0.261 e. The van der Waals surface area contributed by atoms with E-state index in [-0.39, 0.29) is 12.0 Å². The molecule has 0 radical (unpaired) electrons. The molecule has 0 aliphatic carbocycles. The van der Waals surface area contributed by atoms with Crippen LogP contribution in [0.2, 0.25) is 0 Å². The second-order valence-corrected chi connectivity index (χ2v) is 6.10. The van der Waals surface area contributed by atoms with Crippen molar-refractivity contribution in [2.75, 3.05) is 0 Å². The van der Waals surface area contributed by atoms with Gasteiger partial charge in [-0.15, -0.1) is 0 Å². The number of rotatable bonds is 6. The van der Waals surface area contributed by atoms with E-state index in [1.54, 1.807) is 6.07 Å². The van der Waals surface area contributed by atoms with Crippen LogP contribution in [-0.2, 0) is 11.2 Å². The minimum Gasteiger partial charge on any atom is -0.368 e. The summed E-state index contributed by atoms with van der Waals surface area (Å²) in [4.78, 5) is 39.2. The Bertz CT molecular complexity index is 998. The number of amides is 2. The second kappa shape index (κ2) is 8.14. The lowest BCUT2D eigenvalue weighted by Crippen LogP contribution is -2.47. The molecule has 0 bridgehead atoms. The van der Waals surface area contributed by atoms with Crippen molar-refractivity contribution < 1.29 is 9.59 Å². The zero-order valence-corrected chi connectivity index (χ0v) is 14.5. The summed E-state index contributed by atoms with van der Waals surface area (Å²) >= 11 is 0. The summed E-state index contributed by atoms with van der Waals surface area (Å²) in [5, 5.41) is 2.55. The first-order chi connectivity index (χ1) is 13.0. The molecule has 0 saturated heterocycles. The van der Waals surface area contributed by atoms with Crippen LogP contribution in [0.4, 0.5) is 0 Å². The Morgan fingerprint density at radius 2 is 1.56 bits per heavy atom. The molecule has 0 spiro atoms. The standard InChI is InChI=1S/C21H19N3O3/c22-19(25)18(13-14-7-3-1-4-8-14)24-21(27)16-11-12-17(23-20(16)26)15-9-5-2-6-10-15/h1-12,18H,13H2,(H2,22,25)(H,23,26)(H,24,27)/t18-/m0/s1. The average Bonchev–Trinajstić information content (AvgIpc) is 2.68. The molecule has 0 aliphatic rings. The van der Waals surface area contributed by atoms with E-state index in [1.165, 1.54) is 6.07 Å². The first-order valence-corrected chi connectivity index (χ1v) is 8.47. The van der Waals surface area contributed by atoms with E-state index in [0.717, 1.165) is 11.1 Å². The number of aromatic amines is 1. The number of aromatic nitrogens is 1. The van der Waals surface area contributed by atoms with Gasteiger partial charge in [0.25, 0.3) is 11.5 Å². The molecule has 0 unspecified atom stereocenters. The summed E-state index contributed by atoms with van der Waals surface area (Å²) in [6.45, 7) is 0. The van der Waals surface area contributed by atoms with Gasteiger partial charge in [-0.2, -0.15) is 0 Å². The molecule has 0 saturated carbocycles. The Morgan fingerprint density at radius 1 is 0.926 bits per heavy atom. The monoisotopic (exact) mass is 361 g/mol. The van der Waals surface area contributed by atoms with Crippen molar-refractivity contribution in [3.8, 4) is 11.3 Å². The minimum absolute atomic E-state index is 0.0750. The first kappa shape index (κ1) is 18.1. The fourth-order valence-electron chi connectivity index (χ4n) is 2.75. The maximum atomic E-state index is 12.5. The number of H-pyrrole nitrogens is 1. The van der Waals surface area contributed by atoms with Gasteiger partial charge in [0, 0.05) is 12.1 Å². The van der Waals surface area contributed by atoms with Crippen molar-refractivity contribution in [2.45, 2.75) is 12.5 Å². The van der Waals surface area contributed by atoms with Crippen molar-refractivity contribution in [3.63, 3.8) is 0 Å². The quantitative estimate of drug-likeness (QED) is 0.624. The third kappa shape index (κ3) is 4.49. The van der Waals surface area contributed by atoms with Gasteiger partial charge >= 0.3 is 0 Å². The lowest BCUT2D eigenvalue weighted by molar-refractivity contribution is -0.119. The molecule has 1 aromatic heterocycles. The molecule has 4 N–H and O–H groups in total. The molecule has 1 heterocycles. The van der Waals surface area contributed by atoms with E-state index in [4.69, 9.17) is 5.73 Å². The topological polar surface area (TPSA) is 105 Å². The van der Waals surface area contributed by atoms with Crippen LogP contribution in [0.3, 0.4) is 0 Å². The van der Waals surface area contributed by atoms with Crippen LogP contribution in [0.15, 0.2) is 77.6 Å². The third-order valence-corrected chi connectivity index (χ3v) is 4.17. The van der Waals surface area contributed by atoms with Crippen LogP contribution in [0.1, 0.15) is 15.9 Å². The fourth-order valence-corrected chi connectivity index (χ4v) is 2.75.